The zero-order valence-electron chi connectivity index (χ0n) is 12.8. The van der Waals surface area contributed by atoms with Crippen molar-refractivity contribution in [2.24, 2.45) is 0 Å². The van der Waals surface area contributed by atoms with Gasteiger partial charge in [-0.25, -0.2) is 4.98 Å². The van der Waals surface area contributed by atoms with Gasteiger partial charge in [-0.2, -0.15) is 0 Å². The summed E-state index contributed by atoms with van der Waals surface area (Å²) in [5.41, 5.74) is 2.22. The maximum atomic E-state index is 6.28. The molecule has 3 nitrogen and oxygen atoms in total. The number of alkyl halides is 1. The van der Waals surface area contributed by atoms with Crippen LogP contribution in [0.25, 0.3) is 11.0 Å². The topological polar surface area (TPSA) is 21.1 Å². The monoisotopic (exact) mass is 293 g/mol. The number of nitrogens with zero attached hydrogens (tertiary/aromatic N) is 3. The average Bonchev–Trinajstić information content (AvgIpc) is 2.78. The van der Waals surface area contributed by atoms with Crippen molar-refractivity contribution < 1.29 is 0 Å². The molecule has 0 aliphatic rings. The number of aromatic nitrogens is 2. The molecule has 110 valence electrons. The number of para-hydroxylation sites is 2. The average molecular weight is 294 g/mol. The molecule has 1 heterocycles. The molecule has 0 saturated heterocycles. The molecule has 1 atom stereocenters. The quantitative estimate of drug-likeness (QED) is 0.749. The number of fused-ring (bicyclic) bond motifs is 1. The molecule has 0 radical (unpaired) electrons. The Bertz CT molecular complexity index is 560. The van der Waals surface area contributed by atoms with Gasteiger partial charge < -0.3 is 9.47 Å². The number of imidazole rings is 1. The maximum absolute atomic E-state index is 6.28. The van der Waals surface area contributed by atoms with Crippen LogP contribution in [0.1, 0.15) is 38.4 Å². The van der Waals surface area contributed by atoms with Crippen molar-refractivity contribution in [3.05, 3.63) is 30.1 Å². The first kappa shape index (κ1) is 15.3. The molecule has 2 aromatic rings. The minimum absolute atomic E-state index is 0.0646. The van der Waals surface area contributed by atoms with Crippen molar-refractivity contribution in [3.8, 4) is 0 Å². The van der Waals surface area contributed by atoms with Crippen molar-refractivity contribution in [2.45, 2.75) is 45.2 Å². The Morgan fingerprint density at radius 1 is 1.25 bits per heavy atom. The lowest BCUT2D eigenvalue weighted by molar-refractivity contribution is 0.265. The molecule has 2 rings (SSSR count). The molecule has 4 heteroatoms. The highest BCUT2D eigenvalue weighted by molar-refractivity contribution is 6.20. The van der Waals surface area contributed by atoms with Crippen LogP contribution in [0.2, 0.25) is 0 Å². The predicted molar refractivity (Wildman–Crippen MR) is 86.4 cm³/mol. The molecule has 1 unspecified atom stereocenters. The zero-order valence-corrected chi connectivity index (χ0v) is 13.6. The summed E-state index contributed by atoms with van der Waals surface area (Å²) in [6, 6.07) is 8.84. The van der Waals surface area contributed by atoms with Gasteiger partial charge >= 0.3 is 0 Å². The van der Waals surface area contributed by atoms with Gasteiger partial charge in [0.15, 0.2) is 0 Å². The summed E-state index contributed by atoms with van der Waals surface area (Å²) in [5.74, 6) is 0.972. The Morgan fingerprint density at radius 3 is 2.60 bits per heavy atom. The summed E-state index contributed by atoms with van der Waals surface area (Å²) in [5, 5.41) is -0.0646. The highest BCUT2D eigenvalue weighted by Gasteiger charge is 2.14. The Balaban J connectivity index is 2.17. The van der Waals surface area contributed by atoms with Crippen LogP contribution in [0.4, 0.5) is 0 Å². The summed E-state index contributed by atoms with van der Waals surface area (Å²) in [6.07, 6.45) is 1.10. The lowest BCUT2D eigenvalue weighted by Crippen LogP contribution is -2.28. The number of hydrogen-bond acceptors (Lipinski definition) is 2. The van der Waals surface area contributed by atoms with Crippen molar-refractivity contribution >= 4 is 22.6 Å². The summed E-state index contributed by atoms with van der Waals surface area (Å²) in [7, 11) is 2.17. The van der Waals surface area contributed by atoms with Gasteiger partial charge in [-0.1, -0.05) is 12.1 Å². The van der Waals surface area contributed by atoms with Crippen LogP contribution < -0.4 is 0 Å². The van der Waals surface area contributed by atoms with E-state index in [1.165, 1.54) is 5.52 Å². The second-order valence-electron chi connectivity index (χ2n) is 5.65. The van der Waals surface area contributed by atoms with E-state index in [1.54, 1.807) is 0 Å². The van der Waals surface area contributed by atoms with Crippen LogP contribution in [0, 0.1) is 0 Å². The van der Waals surface area contributed by atoms with Gasteiger partial charge in [0, 0.05) is 12.6 Å². The van der Waals surface area contributed by atoms with Gasteiger partial charge in [-0.3, -0.25) is 0 Å². The van der Waals surface area contributed by atoms with Crippen molar-refractivity contribution in [2.75, 3.05) is 13.6 Å². The van der Waals surface area contributed by atoms with Gasteiger partial charge in [-0.15, -0.1) is 11.6 Å². The van der Waals surface area contributed by atoms with E-state index in [9.17, 15) is 0 Å². The van der Waals surface area contributed by atoms with Gasteiger partial charge in [-0.05, 0) is 52.9 Å². The van der Waals surface area contributed by atoms with E-state index < -0.39 is 0 Å². The molecule has 0 saturated carbocycles. The lowest BCUT2D eigenvalue weighted by Gasteiger charge is -2.21. The first-order chi connectivity index (χ1) is 9.50. The number of aryl methyl sites for hydroxylation is 1. The third-order valence-corrected chi connectivity index (χ3v) is 4.01. The summed E-state index contributed by atoms with van der Waals surface area (Å²) in [6.45, 7) is 8.47. The Labute approximate surface area is 126 Å². The normalized spacial score (nSPS) is 13.6. The molecule has 0 spiro atoms. The van der Waals surface area contributed by atoms with Gasteiger partial charge in [0.1, 0.15) is 5.82 Å². The molecular weight excluding hydrogens is 270 g/mol. The van der Waals surface area contributed by atoms with Crippen LogP contribution >= 0.6 is 11.6 Å². The highest BCUT2D eigenvalue weighted by atomic mass is 35.5. The SMILES string of the molecule is CC(Cl)c1nc2ccccc2n1CCCN(C)C(C)C. The Kier molecular flexibility index (Phi) is 5.06. The van der Waals surface area contributed by atoms with E-state index in [0.29, 0.717) is 6.04 Å². The van der Waals surface area contributed by atoms with E-state index in [1.807, 2.05) is 13.0 Å². The molecule has 0 fully saturated rings. The fraction of sp³-hybridized carbons (Fsp3) is 0.562. The van der Waals surface area contributed by atoms with Crippen LogP contribution in [-0.2, 0) is 6.54 Å². The van der Waals surface area contributed by atoms with Crippen molar-refractivity contribution in [3.63, 3.8) is 0 Å². The second-order valence-corrected chi connectivity index (χ2v) is 6.31. The summed E-state index contributed by atoms with van der Waals surface area (Å²) >= 11 is 6.28. The molecule has 0 bridgehead atoms. The largest absolute Gasteiger partial charge is 0.327 e. The second kappa shape index (κ2) is 6.59. The minimum atomic E-state index is -0.0646. The number of benzene rings is 1. The summed E-state index contributed by atoms with van der Waals surface area (Å²) < 4.78 is 2.27. The smallest absolute Gasteiger partial charge is 0.127 e. The van der Waals surface area contributed by atoms with E-state index in [0.717, 1.165) is 30.9 Å². The summed E-state index contributed by atoms with van der Waals surface area (Å²) in [4.78, 5) is 7.03. The zero-order chi connectivity index (χ0) is 14.7. The third-order valence-electron chi connectivity index (χ3n) is 3.81. The van der Waals surface area contributed by atoms with Gasteiger partial charge in [0.2, 0.25) is 0 Å². The number of halogens is 1. The molecule has 0 amide bonds. The van der Waals surface area contributed by atoms with Gasteiger partial charge in [0.05, 0.1) is 16.4 Å². The van der Waals surface area contributed by atoms with Crippen molar-refractivity contribution in [1.82, 2.24) is 14.5 Å². The van der Waals surface area contributed by atoms with Gasteiger partial charge in [0.25, 0.3) is 0 Å². The standard InChI is InChI=1S/C16H24ClN3/c1-12(2)19(4)10-7-11-20-15-9-6-5-8-14(15)18-16(20)13(3)17/h5-6,8-9,12-13H,7,10-11H2,1-4H3. The van der Waals surface area contributed by atoms with Crippen molar-refractivity contribution in [1.29, 1.82) is 0 Å². The highest BCUT2D eigenvalue weighted by Crippen LogP contribution is 2.24. The first-order valence-electron chi connectivity index (χ1n) is 7.30. The number of rotatable bonds is 6. The van der Waals surface area contributed by atoms with Crippen LogP contribution in [-0.4, -0.2) is 34.1 Å². The lowest BCUT2D eigenvalue weighted by atomic mass is 10.3. The van der Waals surface area contributed by atoms with E-state index in [-0.39, 0.29) is 5.38 Å². The maximum Gasteiger partial charge on any atom is 0.127 e. The molecule has 0 aliphatic carbocycles. The van der Waals surface area contributed by atoms with E-state index >= 15 is 0 Å². The van der Waals surface area contributed by atoms with Crippen LogP contribution in [0.5, 0.6) is 0 Å². The fourth-order valence-corrected chi connectivity index (χ4v) is 2.54. The molecule has 0 N–H and O–H groups in total. The number of hydrogen-bond donors (Lipinski definition) is 0. The molecular formula is C16H24ClN3. The Hall–Kier alpha value is -1.06. The predicted octanol–water partition coefficient (Wildman–Crippen LogP) is 4.07. The van der Waals surface area contributed by atoms with Crippen LogP contribution in [0.15, 0.2) is 24.3 Å². The molecule has 1 aromatic carbocycles. The van der Waals surface area contributed by atoms with E-state index in [2.05, 4.69) is 53.5 Å². The van der Waals surface area contributed by atoms with E-state index in [4.69, 9.17) is 11.6 Å². The third kappa shape index (κ3) is 3.33. The van der Waals surface area contributed by atoms with Crippen LogP contribution in [0.3, 0.4) is 0 Å². The fourth-order valence-electron chi connectivity index (χ4n) is 2.37. The molecule has 0 aliphatic heterocycles. The Morgan fingerprint density at radius 2 is 1.95 bits per heavy atom. The minimum Gasteiger partial charge on any atom is -0.327 e. The molecule has 1 aromatic heterocycles. The first-order valence-corrected chi connectivity index (χ1v) is 7.74. The molecule has 20 heavy (non-hydrogen) atoms.